The number of hydrogen-bond donors (Lipinski definition) is 2. The molecule has 2 heterocycles. The van der Waals surface area contributed by atoms with Crippen molar-refractivity contribution >= 4 is 45.3 Å². The Bertz CT molecular complexity index is 1410. The lowest BCUT2D eigenvalue weighted by molar-refractivity contribution is -0.134. The molecule has 1 atom stereocenters. The summed E-state index contributed by atoms with van der Waals surface area (Å²) in [6.45, 7) is -0.663. The van der Waals surface area contributed by atoms with Gasteiger partial charge in [0, 0.05) is 37.1 Å². The summed E-state index contributed by atoms with van der Waals surface area (Å²) in [4.78, 5) is 42.8. The highest BCUT2D eigenvalue weighted by Crippen LogP contribution is 2.34. The molecule has 11 heteroatoms. The molecule has 0 radical (unpaired) electrons. The Hall–Kier alpha value is -4.01. The fourth-order valence-electron chi connectivity index (χ4n) is 3.70. The predicted octanol–water partition coefficient (Wildman–Crippen LogP) is 0.685. The minimum Gasteiger partial charge on any atom is -0.344 e. The second kappa shape index (κ2) is 9.69. The van der Waals surface area contributed by atoms with Crippen molar-refractivity contribution in [3.63, 3.8) is 0 Å². The summed E-state index contributed by atoms with van der Waals surface area (Å²) in [7, 11) is -1.30. The number of sulfonamides is 1. The van der Waals surface area contributed by atoms with Gasteiger partial charge in [-0.05, 0) is 30.3 Å². The monoisotopic (exact) mass is 493 g/mol. The van der Waals surface area contributed by atoms with Crippen LogP contribution in [0, 0.1) is 11.8 Å². The maximum atomic E-state index is 13.0. The van der Waals surface area contributed by atoms with Crippen molar-refractivity contribution in [2.75, 3.05) is 39.0 Å². The number of nitrogens with one attached hydrogen (secondary N) is 2. The molecule has 0 saturated heterocycles. The zero-order valence-electron chi connectivity index (χ0n) is 19.1. The summed E-state index contributed by atoms with van der Waals surface area (Å²) in [6, 6.07) is 11.2. The van der Waals surface area contributed by atoms with E-state index in [0.29, 0.717) is 22.5 Å². The summed E-state index contributed by atoms with van der Waals surface area (Å²) in [5.74, 6) is 3.88. The first kappa shape index (κ1) is 24.1. The van der Waals surface area contributed by atoms with Crippen LogP contribution in [0.1, 0.15) is 17.0 Å². The molecule has 2 aromatic rings. The normalized spacial score (nSPS) is 20.5. The lowest BCUT2D eigenvalue weighted by Crippen LogP contribution is -2.43. The van der Waals surface area contributed by atoms with Crippen LogP contribution in [0.3, 0.4) is 0 Å². The highest BCUT2D eigenvalue weighted by atomic mass is 32.2. The Kier molecular flexibility index (Phi) is 6.68. The third kappa shape index (κ3) is 5.08. The third-order valence-electron chi connectivity index (χ3n) is 5.62. The third-order valence-corrected chi connectivity index (χ3v) is 7.42. The smallest absolute Gasteiger partial charge is 0.243 e. The zero-order valence-corrected chi connectivity index (χ0v) is 19.9. The predicted molar refractivity (Wildman–Crippen MR) is 130 cm³/mol. The van der Waals surface area contributed by atoms with Crippen LogP contribution in [0.5, 0.6) is 0 Å². The van der Waals surface area contributed by atoms with E-state index in [0.717, 1.165) is 9.21 Å². The molecule has 2 aromatic carbocycles. The van der Waals surface area contributed by atoms with Crippen LogP contribution in [-0.4, -0.2) is 75.3 Å². The molecule has 2 bridgehead atoms. The molecular weight excluding hydrogens is 470 g/mol. The average molecular weight is 494 g/mol. The number of rotatable bonds is 0. The van der Waals surface area contributed by atoms with Gasteiger partial charge in [-0.3, -0.25) is 19.4 Å². The molecular formula is C24H23N5O5S. The first-order valence-corrected chi connectivity index (χ1v) is 12.1. The molecule has 0 aromatic heterocycles. The number of hydrogen-bond acceptors (Lipinski definition) is 6. The van der Waals surface area contributed by atoms with Gasteiger partial charge in [0.25, 0.3) is 0 Å². The maximum Gasteiger partial charge on any atom is 0.243 e. The molecule has 35 heavy (non-hydrogen) atoms. The molecule has 2 N–H and O–H groups in total. The van der Waals surface area contributed by atoms with E-state index in [1.165, 1.54) is 38.5 Å². The number of amides is 3. The number of likely N-dealkylation sites (N-methyl/N-ethyl adjacent to an activating group) is 2. The van der Waals surface area contributed by atoms with E-state index in [9.17, 15) is 22.8 Å². The van der Waals surface area contributed by atoms with Crippen molar-refractivity contribution in [2.24, 2.45) is 4.99 Å². The Morgan fingerprint density at radius 2 is 1.83 bits per heavy atom. The summed E-state index contributed by atoms with van der Waals surface area (Å²) >= 11 is 0. The molecule has 0 saturated carbocycles. The number of nitrogens with zero attached hydrogens (tertiary/aromatic N) is 3. The van der Waals surface area contributed by atoms with E-state index >= 15 is 0 Å². The quantitative estimate of drug-likeness (QED) is 0.522. The van der Waals surface area contributed by atoms with Gasteiger partial charge >= 0.3 is 0 Å². The van der Waals surface area contributed by atoms with Crippen molar-refractivity contribution in [3.8, 4) is 11.8 Å². The van der Waals surface area contributed by atoms with Crippen molar-refractivity contribution in [3.05, 3.63) is 53.6 Å². The molecule has 2 aliphatic rings. The van der Waals surface area contributed by atoms with E-state index in [4.69, 9.17) is 0 Å². The largest absolute Gasteiger partial charge is 0.344 e. The van der Waals surface area contributed by atoms with Crippen LogP contribution in [0.2, 0.25) is 0 Å². The fourth-order valence-corrected chi connectivity index (χ4v) is 4.87. The van der Waals surface area contributed by atoms with Gasteiger partial charge in [0.05, 0.1) is 30.2 Å². The van der Waals surface area contributed by atoms with Crippen molar-refractivity contribution < 1.29 is 22.8 Å². The summed E-state index contributed by atoms with van der Waals surface area (Å²) in [6.07, 6.45) is 1.45. The topological polar surface area (TPSA) is 128 Å². The summed E-state index contributed by atoms with van der Waals surface area (Å²) < 4.78 is 27.0. The minimum atomic E-state index is -4.01. The van der Waals surface area contributed by atoms with E-state index in [1.807, 2.05) is 0 Å². The van der Waals surface area contributed by atoms with E-state index in [2.05, 4.69) is 27.5 Å². The number of carbonyl (C=O) groups is 3. The highest BCUT2D eigenvalue weighted by molar-refractivity contribution is 7.89. The number of anilines is 1. The molecule has 2 aliphatic heterocycles. The van der Waals surface area contributed by atoms with Gasteiger partial charge in [-0.2, -0.15) is 4.31 Å². The lowest BCUT2D eigenvalue weighted by Gasteiger charge is -2.21. The van der Waals surface area contributed by atoms with Gasteiger partial charge in [-0.15, -0.1) is 0 Å². The average Bonchev–Trinajstić information content (AvgIpc) is 3.15. The molecule has 0 aliphatic carbocycles. The Morgan fingerprint density at radius 1 is 1.06 bits per heavy atom. The Morgan fingerprint density at radius 3 is 2.63 bits per heavy atom. The van der Waals surface area contributed by atoms with E-state index in [1.54, 1.807) is 24.3 Å². The number of fused-ring (bicyclic) bond motifs is 2. The number of aliphatic imine (C=N–C) groups is 1. The fraction of sp³-hybridized carbons (Fsp3) is 0.250. The minimum absolute atomic E-state index is 0.0325. The number of carbonyl (C=O) groups excluding carboxylic acids is 3. The summed E-state index contributed by atoms with van der Waals surface area (Å²) in [5, 5.41) is 5.42. The van der Waals surface area contributed by atoms with Crippen molar-refractivity contribution in [1.29, 1.82) is 0 Å². The van der Waals surface area contributed by atoms with Crippen LogP contribution in [-0.2, 0) is 24.4 Å². The Balaban J connectivity index is 1.77. The lowest BCUT2D eigenvalue weighted by atomic mass is 9.96. The first-order chi connectivity index (χ1) is 16.7. The van der Waals surface area contributed by atoms with E-state index < -0.39 is 34.3 Å². The molecule has 0 spiro atoms. The van der Waals surface area contributed by atoms with Gasteiger partial charge in [-0.25, -0.2) is 8.42 Å². The van der Waals surface area contributed by atoms with Crippen LogP contribution in [0.4, 0.5) is 11.4 Å². The van der Waals surface area contributed by atoms with Crippen LogP contribution >= 0.6 is 0 Å². The first-order valence-electron chi connectivity index (χ1n) is 10.7. The highest BCUT2D eigenvalue weighted by Gasteiger charge is 2.31. The second-order valence-electron chi connectivity index (χ2n) is 8.10. The molecule has 0 fully saturated rings. The second-order valence-corrected chi connectivity index (χ2v) is 10.1. The van der Waals surface area contributed by atoms with Gasteiger partial charge in [0.15, 0.2) is 0 Å². The number of benzene rings is 2. The SMILES string of the molecule is CN1CC(=O)NCC#Cc2cccc3c2C(C=Nc2cccc(c2)S(=O)(=O)N(C)CC1=O)C(=O)N3. The molecule has 10 nitrogen and oxygen atoms in total. The van der Waals surface area contributed by atoms with Gasteiger partial charge in [0.2, 0.25) is 27.7 Å². The van der Waals surface area contributed by atoms with Crippen molar-refractivity contribution in [1.82, 2.24) is 14.5 Å². The van der Waals surface area contributed by atoms with Crippen LogP contribution < -0.4 is 10.6 Å². The molecule has 180 valence electrons. The Labute approximate surface area is 203 Å². The molecule has 4 rings (SSSR count). The summed E-state index contributed by atoms with van der Waals surface area (Å²) in [5.41, 5.74) is 2.22. The molecule has 1 unspecified atom stereocenters. The van der Waals surface area contributed by atoms with E-state index in [-0.39, 0.29) is 23.9 Å². The van der Waals surface area contributed by atoms with Crippen LogP contribution in [0.15, 0.2) is 52.4 Å². The van der Waals surface area contributed by atoms with Gasteiger partial charge in [-0.1, -0.05) is 24.0 Å². The van der Waals surface area contributed by atoms with Crippen LogP contribution in [0.25, 0.3) is 0 Å². The van der Waals surface area contributed by atoms with Gasteiger partial charge in [0.1, 0.15) is 5.92 Å². The standard InChI is InChI=1S/C24H23N5O5S/c1-28-14-21(30)25-11-5-7-16-6-3-10-20-23(16)19(24(32)27-20)13-26-17-8-4-9-18(12-17)35(33,34)29(2)15-22(28)31/h3-4,6,8-10,12-13,19H,11,14-15H2,1-2H3,(H,25,30)(H,27,32). The molecule has 3 amide bonds. The van der Waals surface area contributed by atoms with Gasteiger partial charge < -0.3 is 15.5 Å². The maximum absolute atomic E-state index is 13.0. The van der Waals surface area contributed by atoms with Crippen molar-refractivity contribution in [2.45, 2.75) is 10.8 Å². The zero-order chi connectivity index (χ0) is 25.2.